The molecule has 0 saturated carbocycles. The third-order valence-electron chi connectivity index (χ3n) is 2.75. The number of aliphatic hydroxyl groups excluding tert-OH is 1. The molecule has 4 nitrogen and oxygen atoms in total. The van der Waals surface area contributed by atoms with Crippen molar-refractivity contribution in [3.05, 3.63) is 65.5 Å². The molecule has 18 heavy (non-hydrogen) atoms. The van der Waals surface area contributed by atoms with Crippen LogP contribution in [0.15, 0.2) is 54.3 Å². The van der Waals surface area contributed by atoms with E-state index in [1.807, 2.05) is 0 Å². The van der Waals surface area contributed by atoms with Crippen molar-refractivity contribution >= 4 is 11.6 Å². The average Bonchev–Trinajstić information content (AvgIpc) is 2.32. The molecule has 2 rings (SSSR count). The Kier molecular flexibility index (Phi) is 2.63. The first-order valence-corrected chi connectivity index (χ1v) is 5.15. The highest BCUT2D eigenvalue weighted by Gasteiger charge is 2.33. The number of hydrogen-bond donors (Lipinski definition) is 2. The van der Waals surface area contributed by atoms with Gasteiger partial charge in [-0.15, -0.1) is 0 Å². The molecule has 0 aliphatic heterocycles. The van der Waals surface area contributed by atoms with Crippen molar-refractivity contribution in [1.29, 1.82) is 0 Å². The van der Waals surface area contributed by atoms with Crippen molar-refractivity contribution < 1.29 is 19.8 Å². The van der Waals surface area contributed by atoms with Gasteiger partial charge in [0.15, 0.2) is 11.6 Å². The number of hydrogen-bond acceptors (Lipinski definition) is 4. The van der Waals surface area contributed by atoms with Gasteiger partial charge in [-0.05, 0) is 6.07 Å². The van der Waals surface area contributed by atoms with Crippen molar-refractivity contribution in [3.63, 3.8) is 0 Å². The Morgan fingerprint density at radius 3 is 2.44 bits per heavy atom. The maximum atomic E-state index is 12.1. The third-order valence-corrected chi connectivity index (χ3v) is 2.75. The summed E-state index contributed by atoms with van der Waals surface area (Å²) >= 11 is 0. The first-order valence-electron chi connectivity index (χ1n) is 5.15. The van der Waals surface area contributed by atoms with E-state index < -0.39 is 17.3 Å². The molecule has 0 spiro atoms. The minimum absolute atomic E-state index is 0.0517. The lowest BCUT2D eigenvalue weighted by Crippen LogP contribution is -2.22. The summed E-state index contributed by atoms with van der Waals surface area (Å²) < 4.78 is 0. The molecule has 0 bridgehead atoms. The van der Waals surface area contributed by atoms with Crippen LogP contribution in [0.2, 0.25) is 0 Å². The van der Waals surface area contributed by atoms with Gasteiger partial charge in [-0.1, -0.05) is 31.4 Å². The Hall–Kier alpha value is -2.62. The molecule has 0 aromatic heterocycles. The summed E-state index contributed by atoms with van der Waals surface area (Å²) in [5, 5.41) is 19.1. The van der Waals surface area contributed by atoms with E-state index in [-0.39, 0.29) is 28.0 Å². The molecule has 90 valence electrons. The zero-order chi connectivity index (χ0) is 13.4. The van der Waals surface area contributed by atoms with Gasteiger partial charge >= 0.3 is 0 Å². The van der Waals surface area contributed by atoms with Gasteiger partial charge in [-0.2, -0.15) is 0 Å². The molecule has 0 saturated heterocycles. The van der Waals surface area contributed by atoms with Crippen molar-refractivity contribution in [2.75, 3.05) is 0 Å². The fourth-order valence-corrected chi connectivity index (χ4v) is 1.95. The number of aliphatic hydroxyl groups is 1. The number of allylic oxidation sites excluding steroid dienone is 3. The van der Waals surface area contributed by atoms with Gasteiger partial charge in [0.05, 0.1) is 11.1 Å². The lowest BCUT2D eigenvalue weighted by molar-refractivity contribution is 0.0972. The van der Waals surface area contributed by atoms with Crippen LogP contribution in [0.3, 0.4) is 0 Å². The number of aromatic hydroxyl groups is 1. The van der Waals surface area contributed by atoms with Gasteiger partial charge in [-0.25, -0.2) is 0 Å². The lowest BCUT2D eigenvalue weighted by atomic mass is 9.83. The summed E-state index contributed by atoms with van der Waals surface area (Å²) in [4.78, 5) is 24.3. The van der Waals surface area contributed by atoms with E-state index in [0.717, 1.165) is 0 Å². The predicted molar refractivity (Wildman–Crippen MR) is 65.8 cm³/mol. The fraction of sp³-hybridized carbons (Fsp3) is 0. The summed E-state index contributed by atoms with van der Waals surface area (Å²) in [6, 6.07) is 4.19. The molecule has 2 N–H and O–H groups in total. The Balaban J connectivity index is 2.83. The second kappa shape index (κ2) is 4.00. The standard InChI is InChI=1S/C14H10O4/c1-3-8-11(7(2)15)14(18)9-5-4-6-10(16)12(9)13(8)17/h3-6,15-16H,1-2H2. The van der Waals surface area contributed by atoms with Crippen molar-refractivity contribution in [2.24, 2.45) is 0 Å². The van der Waals surface area contributed by atoms with Crippen LogP contribution in [0.1, 0.15) is 20.7 Å². The quantitative estimate of drug-likeness (QED) is 0.780. The zero-order valence-electron chi connectivity index (χ0n) is 9.43. The minimum Gasteiger partial charge on any atom is -0.508 e. The van der Waals surface area contributed by atoms with E-state index in [4.69, 9.17) is 0 Å². The van der Waals surface area contributed by atoms with Crippen LogP contribution < -0.4 is 0 Å². The molecular formula is C14H10O4. The third kappa shape index (κ3) is 1.47. The van der Waals surface area contributed by atoms with Crippen LogP contribution in [0, 0.1) is 0 Å². The molecule has 1 aliphatic rings. The number of benzene rings is 1. The number of phenolic OH excluding ortho intramolecular Hbond substituents is 1. The summed E-state index contributed by atoms with van der Waals surface area (Å²) in [6.45, 7) is 6.71. The summed E-state index contributed by atoms with van der Waals surface area (Å²) in [5.41, 5.74) is -0.243. The Morgan fingerprint density at radius 2 is 1.89 bits per heavy atom. The van der Waals surface area contributed by atoms with Crippen molar-refractivity contribution in [1.82, 2.24) is 0 Å². The van der Waals surface area contributed by atoms with Gasteiger partial charge in [0, 0.05) is 11.1 Å². The highest BCUT2D eigenvalue weighted by molar-refractivity contribution is 6.30. The highest BCUT2D eigenvalue weighted by atomic mass is 16.3. The Morgan fingerprint density at radius 1 is 1.22 bits per heavy atom. The molecule has 0 heterocycles. The van der Waals surface area contributed by atoms with Crippen LogP contribution in [-0.2, 0) is 0 Å². The second-order valence-electron chi connectivity index (χ2n) is 3.80. The number of ketones is 2. The van der Waals surface area contributed by atoms with E-state index >= 15 is 0 Å². The monoisotopic (exact) mass is 242 g/mol. The van der Waals surface area contributed by atoms with E-state index in [1.54, 1.807) is 0 Å². The molecule has 1 aliphatic carbocycles. The van der Waals surface area contributed by atoms with Crippen molar-refractivity contribution in [3.8, 4) is 5.75 Å². The van der Waals surface area contributed by atoms with E-state index in [9.17, 15) is 19.8 Å². The zero-order valence-corrected chi connectivity index (χ0v) is 9.43. The van der Waals surface area contributed by atoms with Crippen LogP contribution >= 0.6 is 0 Å². The van der Waals surface area contributed by atoms with Gasteiger partial charge in [0.1, 0.15) is 11.5 Å². The molecular weight excluding hydrogens is 232 g/mol. The van der Waals surface area contributed by atoms with Crippen LogP contribution in [0.25, 0.3) is 0 Å². The molecule has 1 aromatic rings. The molecule has 4 heteroatoms. The molecule has 0 atom stereocenters. The molecule has 0 amide bonds. The van der Waals surface area contributed by atoms with Crippen LogP contribution in [-0.4, -0.2) is 21.8 Å². The Bertz CT molecular complexity index is 635. The van der Waals surface area contributed by atoms with Crippen LogP contribution in [0.5, 0.6) is 5.75 Å². The topological polar surface area (TPSA) is 74.6 Å². The second-order valence-corrected chi connectivity index (χ2v) is 3.80. The first kappa shape index (κ1) is 11.9. The van der Waals surface area contributed by atoms with Gasteiger partial charge in [0.2, 0.25) is 0 Å². The van der Waals surface area contributed by atoms with Gasteiger partial charge < -0.3 is 10.2 Å². The Labute approximate surface area is 103 Å². The molecule has 1 aromatic carbocycles. The van der Waals surface area contributed by atoms with Gasteiger partial charge in [-0.3, -0.25) is 9.59 Å². The SMILES string of the molecule is C=CC1=C(C(=C)O)C(=O)c2cccc(O)c2C1=O. The highest BCUT2D eigenvalue weighted by Crippen LogP contribution is 2.33. The van der Waals surface area contributed by atoms with E-state index in [0.29, 0.717) is 0 Å². The number of phenols is 1. The summed E-state index contributed by atoms with van der Waals surface area (Å²) in [7, 11) is 0. The van der Waals surface area contributed by atoms with E-state index in [2.05, 4.69) is 13.2 Å². The van der Waals surface area contributed by atoms with Crippen molar-refractivity contribution in [2.45, 2.75) is 0 Å². The van der Waals surface area contributed by atoms with Crippen LogP contribution in [0.4, 0.5) is 0 Å². The largest absolute Gasteiger partial charge is 0.508 e. The predicted octanol–water partition coefficient (Wildman–Crippen LogP) is 2.33. The molecule has 0 unspecified atom stereocenters. The first-order chi connectivity index (χ1) is 8.49. The van der Waals surface area contributed by atoms with E-state index in [1.165, 1.54) is 24.3 Å². The number of fused-ring (bicyclic) bond motifs is 1. The lowest BCUT2D eigenvalue weighted by Gasteiger charge is -2.19. The number of carbonyl (C=O) groups excluding carboxylic acids is 2. The minimum atomic E-state index is -0.553. The maximum Gasteiger partial charge on any atom is 0.198 e. The smallest absolute Gasteiger partial charge is 0.198 e. The fourth-order valence-electron chi connectivity index (χ4n) is 1.95. The molecule has 0 fully saturated rings. The number of carbonyl (C=O) groups is 2. The molecule has 0 radical (unpaired) electrons. The average molecular weight is 242 g/mol. The van der Waals surface area contributed by atoms with Gasteiger partial charge in [0.25, 0.3) is 0 Å². The normalized spacial score (nSPS) is 14.4. The maximum absolute atomic E-state index is 12.1. The number of Topliss-reactive ketones (excluding diaryl/α,β-unsaturated/α-hetero) is 2. The summed E-state index contributed by atoms with van der Waals surface area (Å²) in [5.74, 6) is -1.86. The summed E-state index contributed by atoms with van der Waals surface area (Å²) in [6.07, 6.45) is 1.17. The number of rotatable bonds is 2.